The van der Waals surface area contributed by atoms with Crippen LogP contribution in [0.5, 0.6) is 0 Å². The Kier molecular flexibility index (Phi) is 4.18. The minimum atomic E-state index is 1.17. The average molecular weight is 186 g/mol. The van der Waals surface area contributed by atoms with E-state index in [-0.39, 0.29) is 0 Å². The lowest BCUT2D eigenvalue weighted by Crippen LogP contribution is -1.67. The summed E-state index contributed by atoms with van der Waals surface area (Å²) < 4.78 is 0. The zero-order valence-electron chi connectivity index (χ0n) is 9.25. The predicted octanol–water partition coefficient (Wildman–Crippen LogP) is 4.28. The van der Waals surface area contributed by atoms with Crippen molar-refractivity contribution in [1.29, 1.82) is 0 Å². The van der Waals surface area contributed by atoms with Gasteiger partial charge in [-0.3, -0.25) is 0 Å². The largest absolute Gasteiger partial charge is 0.0802 e. The number of allylic oxidation sites excluding steroid dienone is 4. The van der Waals surface area contributed by atoms with Crippen LogP contribution < -0.4 is 0 Å². The van der Waals surface area contributed by atoms with Crippen LogP contribution in [0.1, 0.15) is 25.8 Å². The molecule has 14 heavy (non-hydrogen) atoms. The van der Waals surface area contributed by atoms with Crippen molar-refractivity contribution in [2.75, 3.05) is 0 Å². The normalized spacial score (nSPS) is 13.9. The minimum Gasteiger partial charge on any atom is -0.0802 e. The Labute approximate surface area is 87.0 Å². The monoisotopic (exact) mass is 186 g/mol. The van der Waals surface area contributed by atoms with Crippen LogP contribution in [0.25, 0.3) is 0 Å². The topological polar surface area (TPSA) is 0 Å². The summed E-state index contributed by atoms with van der Waals surface area (Å²) in [7, 11) is 0. The molecule has 0 radical (unpaired) electrons. The first-order chi connectivity index (χ1) is 6.70. The summed E-state index contributed by atoms with van der Waals surface area (Å²) in [6.07, 6.45) is 5.55. The van der Waals surface area contributed by atoms with Crippen LogP contribution in [0.3, 0.4) is 0 Å². The molecule has 0 aliphatic heterocycles. The third kappa shape index (κ3) is 3.61. The maximum Gasteiger partial charge on any atom is -0.0133 e. The summed E-state index contributed by atoms with van der Waals surface area (Å²) in [6.45, 7) is 6.41. The molecule has 0 spiro atoms. The standard InChI is InChI=1S/C7H10.C7H8/c1-6-4-3-5-7(6)2;1-7-5-3-2-4-6-7/h3-4H,5H2,1-2H3;2-6H,1H3. The molecular formula is C14H18. The van der Waals surface area contributed by atoms with E-state index in [1.54, 1.807) is 0 Å². The van der Waals surface area contributed by atoms with Crippen LogP contribution in [0.4, 0.5) is 0 Å². The molecule has 2 rings (SSSR count). The van der Waals surface area contributed by atoms with E-state index < -0.39 is 0 Å². The molecule has 0 fully saturated rings. The summed E-state index contributed by atoms with van der Waals surface area (Å²) in [6, 6.07) is 10.3. The van der Waals surface area contributed by atoms with Crippen molar-refractivity contribution in [2.45, 2.75) is 27.2 Å². The maximum absolute atomic E-state index is 2.20. The van der Waals surface area contributed by atoms with Gasteiger partial charge in [-0.15, -0.1) is 0 Å². The Morgan fingerprint density at radius 1 is 0.929 bits per heavy atom. The van der Waals surface area contributed by atoms with E-state index in [0.29, 0.717) is 0 Å². The van der Waals surface area contributed by atoms with Gasteiger partial charge < -0.3 is 0 Å². The van der Waals surface area contributed by atoms with Crippen LogP contribution in [-0.4, -0.2) is 0 Å². The Morgan fingerprint density at radius 3 is 1.79 bits per heavy atom. The molecule has 0 heteroatoms. The molecule has 0 atom stereocenters. The number of hydrogen-bond donors (Lipinski definition) is 0. The summed E-state index contributed by atoms with van der Waals surface area (Å²) in [5.41, 5.74) is 4.28. The molecule has 1 aliphatic carbocycles. The number of hydrogen-bond acceptors (Lipinski definition) is 0. The third-order valence-corrected chi connectivity index (χ3v) is 2.41. The van der Waals surface area contributed by atoms with E-state index in [0.717, 1.165) is 0 Å². The summed E-state index contributed by atoms with van der Waals surface area (Å²) >= 11 is 0. The molecule has 0 N–H and O–H groups in total. The Balaban J connectivity index is 0.000000140. The van der Waals surface area contributed by atoms with E-state index >= 15 is 0 Å². The zero-order valence-corrected chi connectivity index (χ0v) is 9.25. The Hall–Kier alpha value is -1.30. The minimum absolute atomic E-state index is 1.17. The van der Waals surface area contributed by atoms with Crippen molar-refractivity contribution in [3.8, 4) is 0 Å². The SMILES string of the molecule is CC1=C(C)CC=C1.Cc1ccccc1. The second-order valence-corrected chi connectivity index (χ2v) is 3.72. The molecule has 0 saturated carbocycles. The lowest BCUT2D eigenvalue weighted by molar-refractivity contribution is 1.22. The highest BCUT2D eigenvalue weighted by Crippen LogP contribution is 2.16. The molecule has 1 aliphatic rings. The van der Waals surface area contributed by atoms with Gasteiger partial charge in [-0.2, -0.15) is 0 Å². The van der Waals surface area contributed by atoms with Gasteiger partial charge in [0.05, 0.1) is 0 Å². The van der Waals surface area contributed by atoms with E-state index in [1.165, 1.54) is 23.1 Å². The number of aryl methyl sites for hydroxylation is 1. The molecule has 0 bridgehead atoms. The average Bonchev–Trinajstić information content (AvgIpc) is 2.53. The highest BCUT2D eigenvalue weighted by Gasteiger charge is 1.95. The van der Waals surface area contributed by atoms with Gasteiger partial charge in [-0.1, -0.05) is 59.2 Å². The van der Waals surface area contributed by atoms with Crippen molar-refractivity contribution in [2.24, 2.45) is 0 Å². The summed E-state index contributed by atoms with van der Waals surface area (Å²) in [5.74, 6) is 0. The van der Waals surface area contributed by atoms with Gasteiger partial charge in [-0.25, -0.2) is 0 Å². The number of rotatable bonds is 0. The lowest BCUT2D eigenvalue weighted by Gasteiger charge is -1.87. The number of benzene rings is 1. The van der Waals surface area contributed by atoms with Gasteiger partial charge in [0.1, 0.15) is 0 Å². The maximum atomic E-state index is 2.20. The van der Waals surface area contributed by atoms with E-state index in [1.807, 2.05) is 18.2 Å². The first-order valence-electron chi connectivity index (χ1n) is 5.04. The van der Waals surface area contributed by atoms with Gasteiger partial charge in [0.2, 0.25) is 0 Å². The molecule has 0 amide bonds. The van der Waals surface area contributed by atoms with Gasteiger partial charge in [-0.05, 0) is 27.2 Å². The molecule has 74 valence electrons. The molecule has 1 aromatic rings. The van der Waals surface area contributed by atoms with Crippen LogP contribution in [-0.2, 0) is 0 Å². The van der Waals surface area contributed by atoms with Crippen molar-refractivity contribution >= 4 is 0 Å². The quantitative estimate of drug-likeness (QED) is 0.567. The van der Waals surface area contributed by atoms with E-state index in [2.05, 4.69) is 45.1 Å². The highest BCUT2D eigenvalue weighted by atomic mass is 14.0. The van der Waals surface area contributed by atoms with Crippen molar-refractivity contribution in [3.63, 3.8) is 0 Å². The summed E-state index contributed by atoms with van der Waals surface area (Å²) in [4.78, 5) is 0. The van der Waals surface area contributed by atoms with Crippen LogP contribution in [0, 0.1) is 6.92 Å². The van der Waals surface area contributed by atoms with Gasteiger partial charge >= 0.3 is 0 Å². The molecule has 0 saturated heterocycles. The second-order valence-electron chi connectivity index (χ2n) is 3.72. The van der Waals surface area contributed by atoms with Gasteiger partial charge in [0.25, 0.3) is 0 Å². The first kappa shape index (κ1) is 10.8. The van der Waals surface area contributed by atoms with Crippen LogP contribution in [0.2, 0.25) is 0 Å². The van der Waals surface area contributed by atoms with E-state index in [9.17, 15) is 0 Å². The zero-order chi connectivity index (χ0) is 10.4. The third-order valence-electron chi connectivity index (χ3n) is 2.41. The fourth-order valence-electron chi connectivity index (χ4n) is 1.25. The van der Waals surface area contributed by atoms with Gasteiger partial charge in [0.15, 0.2) is 0 Å². The van der Waals surface area contributed by atoms with Gasteiger partial charge in [0, 0.05) is 0 Å². The van der Waals surface area contributed by atoms with Crippen LogP contribution in [0.15, 0.2) is 53.6 Å². The van der Waals surface area contributed by atoms with Crippen molar-refractivity contribution < 1.29 is 0 Å². The lowest BCUT2D eigenvalue weighted by atomic mass is 10.2. The van der Waals surface area contributed by atoms with Crippen molar-refractivity contribution in [3.05, 3.63) is 59.2 Å². The molecule has 0 unspecified atom stereocenters. The fourth-order valence-corrected chi connectivity index (χ4v) is 1.25. The molecule has 0 heterocycles. The molecule has 0 nitrogen and oxygen atoms in total. The summed E-state index contributed by atoms with van der Waals surface area (Å²) in [5, 5.41) is 0. The van der Waals surface area contributed by atoms with Crippen LogP contribution >= 0.6 is 0 Å². The Morgan fingerprint density at radius 2 is 1.57 bits per heavy atom. The molecule has 0 aromatic heterocycles. The second kappa shape index (κ2) is 5.43. The van der Waals surface area contributed by atoms with E-state index in [4.69, 9.17) is 0 Å². The van der Waals surface area contributed by atoms with Crippen molar-refractivity contribution in [1.82, 2.24) is 0 Å². The highest BCUT2D eigenvalue weighted by molar-refractivity contribution is 5.30. The smallest absolute Gasteiger partial charge is 0.0133 e. The predicted molar refractivity (Wildman–Crippen MR) is 63.3 cm³/mol. The molecular weight excluding hydrogens is 168 g/mol. The Bertz CT molecular complexity index is 328. The first-order valence-corrected chi connectivity index (χ1v) is 5.04. The fraction of sp³-hybridized carbons (Fsp3) is 0.286. The molecule has 1 aromatic carbocycles.